The second-order valence-electron chi connectivity index (χ2n) is 3.68. The smallest absolute Gasteiger partial charge is 0.0447 e. The molecule has 0 aliphatic heterocycles. The fourth-order valence-electron chi connectivity index (χ4n) is 1.65. The van der Waals surface area contributed by atoms with Gasteiger partial charge in [0.2, 0.25) is 0 Å². The number of nitrogens with one attached hydrogen (secondary N) is 1. The van der Waals surface area contributed by atoms with E-state index in [1.165, 1.54) is 11.1 Å². The first-order valence-electron chi connectivity index (χ1n) is 5.39. The van der Waals surface area contributed by atoms with E-state index >= 15 is 0 Å². The number of aliphatic hydroxyl groups is 1. The third-order valence-electron chi connectivity index (χ3n) is 2.53. The molecule has 0 bridgehead atoms. The summed E-state index contributed by atoms with van der Waals surface area (Å²) < 4.78 is 0. The topological polar surface area (TPSA) is 58.3 Å². The molecule has 0 saturated heterocycles. The van der Waals surface area contributed by atoms with Crippen LogP contribution in [0.15, 0.2) is 24.3 Å². The minimum Gasteiger partial charge on any atom is -0.396 e. The first-order valence-corrected chi connectivity index (χ1v) is 5.39. The number of hydrogen-bond donors (Lipinski definition) is 3. The van der Waals surface area contributed by atoms with Crippen LogP contribution in [-0.4, -0.2) is 24.8 Å². The second-order valence-corrected chi connectivity index (χ2v) is 3.68. The molecule has 0 saturated carbocycles. The highest BCUT2D eigenvalue weighted by molar-refractivity contribution is 5.28. The molecule has 0 aliphatic rings. The number of aliphatic hydroxyl groups excluding tert-OH is 1. The Morgan fingerprint density at radius 2 is 2.13 bits per heavy atom. The van der Waals surface area contributed by atoms with Crippen LogP contribution < -0.4 is 11.1 Å². The Bertz CT molecular complexity index is 289. The number of nitrogens with two attached hydrogens (primary N) is 1. The van der Waals surface area contributed by atoms with Gasteiger partial charge >= 0.3 is 0 Å². The molecule has 0 aliphatic carbocycles. The van der Waals surface area contributed by atoms with Crippen molar-refractivity contribution in [3.8, 4) is 0 Å². The zero-order valence-corrected chi connectivity index (χ0v) is 9.24. The summed E-state index contributed by atoms with van der Waals surface area (Å²) in [5.74, 6) is 0. The normalized spacial score (nSPS) is 12.7. The van der Waals surface area contributed by atoms with Crippen molar-refractivity contribution in [2.45, 2.75) is 19.4 Å². The Labute approximate surface area is 91.3 Å². The number of aryl methyl sites for hydroxylation is 1. The van der Waals surface area contributed by atoms with Crippen molar-refractivity contribution in [1.82, 2.24) is 5.32 Å². The maximum Gasteiger partial charge on any atom is 0.0447 e. The van der Waals surface area contributed by atoms with Gasteiger partial charge in [0.25, 0.3) is 0 Å². The standard InChI is InChI=1S/C12H20N2O/c1-10-5-2-3-6-11(10)12(9-13)14-7-4-8-15/h2-3,5-6,12,14-15H,4,7-9,13H2,1H3. The summed E-state index contributed by atoms with van der Waals surface area (Å²) in [6.45, 7) is 3.69. The summed E-state index contributed by atoms with van der Waals surface area (Å²) in [6, 6.07) is 8.43. The summed E-state index contributed by atoms with van der Waals surface area (Å²) in [5.41, 5.74) is 8.23. The van der Waals surface area contributed by atoms with Gasteiger partial charge in [0, 0.05) is 19.2 Å². The van der Waals surface area contributed by atoms with Crippen molar-refractivity contribution in [1.29, 1.82) is 0 Å². The molecule has 1 atom stereocenters. The predicted octanol–water partition coefficient (Wildman–Crippen LogP) is 0.967. The van der Waals surface area contributed by atoms with Crippen molar-refractivity contribution >= 4 is 0 Å². The first-order chi connectivity index (χ1) is 7.29. The minimum absolute atomic E-state index is 0.192. The van der Waals surface area contributed by atoms with E-state index in [1.54, 1.807) is 0 Å². The van der Waals surface area contributed by atoms with E-state index in [1.807, 2.05) is 12.1 Å². The third-order valence-corrected chi connectivity index (χ3v) is 2.53. The van der Waals surface area contributed by atoms with Crippen LogP contribution in [0.3, 0.4) is 0 Å². The van der Waals surface area contributed by atoms with Gasteiger partial charge in [0.15, 0.2) is 0 Å². The molecule has 1 aromatic carbocycles. The summed E-state index contributed by atoms with van der Waals surface area (Å²) in [4.78, 5) is 0. The number of hydrogen-bond acceptors (Lipinski definition) is 3. The highest BCUT2D eigenvalue weighted by Gasteiger charge is 2.09. The Hall–Kier alpha value is -0.900. The van der Waals surface area contributed by atoms with Crippen LogP contribution in [0.2, 0.25) is 0 Å². The van der Waals surface area contributed by atoms with Crippen molar-refractivity contribution in [3.05, 3.63) is 35.4 Å². The molecular weight excluding hydrogens is 188 g/mol. The lowest BCUT2D eigenvalue weighted by molar-refractivity contribution is 0.283. The molecule has 3 nitrogen and oxygen atoms in total. The quantitative estimate of drug-likeness (QED) is 0.610. The van der Waals surface area contributed by atoms with E-state index in [9.17, 15) is 0 Å². The van der Waals surface area contributed by atoms with Crippen molar-refractivity contribution in [3.63, 3.8) is 0 Å². The monoisotopic (exact) mass is 208 g/mol. The van der Waals surface area contributed by atoms with Crippen molar-refractivity contribution in [2.75, 3.05) is 19.7 Å². The molecule has 3 heteroatoms. The predicted molar refractivity (Wildman–Crippen MR) is 62.7 cm³/mol. The van der Waals surface area contributed by atoms with E-state index < -0.39 is 0 Å². The average molecular weight is 208 g/mol. The van der Waals surface area contributed by atoms with Gasteiger partial charge in [-0.2, -0.15) is 0 Å². The molecule has 0 fully saturated rings. The first kappa shape index (κ1) is 12.2. The molecule has 84 valence electrons. The van der Waals surface area contributed by atoms with Crippen LogP contribution in [0.5, 0.6) is 0 Å². The summed E-state index contributed by atoms with van der Waals surface area (Å²) in [7, 11) is 0. The van der Waals surface area contributed by atoms with Gasteiger partial charge in [0.1, 0.15) is 0 Å². The summed E-state index contributed by atoms with van der Waals surface area (Å²) >= 11 is 0. The average Bonchev–Trinajstić information content (AvgIpc) is 2.26. The lowest BCUT2D eigenvalue weighted by Crippen LogP contribution is -2.29. The fourth-order valence-corrected chi connectivity index (χ4v) is 1.65. The minimum atomic E-state index is 0.192. The highest BCUT2D eigenvalue weighted by Crippen LogP contribution is 2.15. The Morgan fingerprint density at radius 1 is 1.40 bits per heavy atom. The van der Waals surface area contributed by atoms with Crippen LogP contribution in [0.4, 0.5) is 0 Å². The molecule has 0 radical (unpaired) electrons. The van der Waals surface area contributed by atoms with Gasteiger partial charge in [-0.15, -0.1) is 0 Å². The van der Waals surface area contributed by atoms with Crippen LogP contribution in [0.25, 0.3) is 0 Å². The molecule has 0 amide bonds. The summed E-state index contributed by atoms with van der Waals surface area (Å²) in [6.07, 6.45) is 0.766. The van der Waals surface area contributed by atoms with E-state index in [2.05, 4.69) is 24.4 Å². The van der Waals surface area contributed by atoms with Crippen molar-refractivity contribution in [2.24, 2.45) is 5.73 Å². The molecule has 4 N–H and O–H groups in total. The van der Waals surface area contributed by atoms with Gasteiger partial charge in [-0.25, -0.2) is 0 Å². The van der Waals surface area contributed by atoms with E-state index in [0.29, 0.717) is 6.54 Å². The van der Waals surface area contributed by atoms with Gasteiger partial charge in [-0.05, 0) is 31.0 Å². The molecule has 1 aromatic rings. The lowest BCUT2D eigenvalue weighted by atomic mass is 10.0. The van der Waals surface area contributed by atoms with Crippen LogP contribution in [-0.2, 0) is 0 Å². The highest BCUT2D eigenvalue weighted by atomic mass is 16.3. The maximum absolute atomic E-state index is 8.71. The van der Waals surface area contributed by atoms with Crippen LogP contribution >= 0.6 is 0 Å². The van der Waals surface area contributed by atoms with Gasteiger partial charge in [-0.1, -0.05) is 24.3 Å². The van der Waals surface area contributed by atoms with E-state index in [-0.39, 0.29) is 12.6 Å². The SMILES string of the molecule is Cc1ccccc1C(CN)NCCCO. The Kier molecular flexibility index (Phi) is 5.32. The molecule has 0 aromatic heterocycles. The van der Waals surface area contributed by atoms with Crippen LogP contribution in [0, 0.1) is 6.92 Å². The molecule has 15 heavy (non-hydrogen) atoms. The Balaban J connectivity index is 2.61. The summed E-state index contributed by atoms with van der Waals surface area (Å²) in [5, 5.41) is 12.0. The van der Waals surface area contributed by atoms with Crippen LogP contribution in [0.1, 0.15) is 23.6 Å². The zero-order valence-electron chi connectivity index (χ0n) is 9.24. The molecule has 1 unspecified atom stereocenters. The van der Waals surface area contributed by atoms with E-state index in [0.717, 1.165) is 13.0 Å². The molecule has 0 heterocycles. The van der Waals surface area contributed by atoms with Gasteiger partial charge in [-0.3, -0.25) is 0 Å². The lowest BCUT2D eigenvalue weighted by Gasteiger charge is -2.19. The fraction of sp³-hybridized carbons (Fsp3) is 0.500. The zero-order chi connectivity index (χ0) is 11.1. The maximum atomic E-state index is 8.71. The third kappa shape index (κ3) is 3.63. The molecule has 1 rings (SSSR count). The van der Waals surface area contributed by atoms with Crippen molar-refractivity contribution < 1.29 is 5.11 Å². The largest absolute Gasteiger partial charge is 0.396 e. The Morgan fingerprint density at radius 3 is 2.73 bits per heavy atom. The number of benzene rings is 1. The number of rotatable bonds is 6. The van der Waals surface area contributed by atoms with Gasteiger partial charge < -0.3 is 16.2 Å². The second kappa shape index (κ2) is 6.56. The molecular formula is C12H20N2O. The molecule has 0 spiro atoms. The van der Waals surface area contributed by atoms with E-state index in [4.69, 9.17) is 10.8 Å². The van der Waals surface area contributed by atoms with Gasteiger partial charge in [0.05, 0.1) is 0 Å².